The third-order valence-electron chi connectivity index (χ3n) is 3.69. The maximum absolute atomic E-state index is 12.4. The van der Waals surface area contributed by atoms with E-state index in [9.17, 15) is 18.0 Å². The zero-order valence-electron chi connectivity index (χ0n) is 15.8. The molecule has 1 unspecified atom stereocenters. The van der Waals surface area contributed by atoms with Gasteiger partial charge in [-0.15, -0.1) is 10.2 Å². The Morgan fingerprint density at radius 2 is 1.82 bits per heavy atom. The van der Waals surface area contributed by atoms with Crippen LogP contribution in [0.5, 0.6) is 5.75 Å². The fourth-order valence-corrected chi connectivity index (χ4v) is 3.88. The van der Waals surface area contributed by atoms with Gasteiger partial charge in [-0.05, 0) is 44.5 Å². The number of aryl methyl sites for hydroxylation is 1. The summed E-state index contributed by atoms with van der Waals surface area (Å²) in [6.07, 6.45) is 0.660. The van der Waals surface area contributed by atoms with Crippen molar-refractivity contribution in [3.63, 3.8) is 0 Å². The number of carbonyl (C=O) groups is 2. The molecule has 0 saturated carbocycles. The molecule has 0 saturated heterocycles. The van der Waals surface area contributed by atoms with Crippen LogP contribution in [0.25, 0.3) is 0 Å². The number of nitrogens with one attached hydrogen (secondary N) is 2. The Hall–Kier alpha value is -2.53. The molecule has 0 spiro atoms. The van der Waals surface area contributed by atoms with Crippen LogP contribution in [0.15, 0.2) is 24.3 Å². The summed E-state index contributed by atoms with van der Waals surface area (Å²) < 4.78 is 30.1. The van der Waals surface area contributed by atoms with Gasteiger partial charge in [0.25, 0.3) is 0 Å². The lowest BCUT2D eigenvalue weighted by molar-refractivity contribution is -0.115. The maximum atomic E-state index is 12.4. The lowest BCUT2D eigenvalue weighted by Gasteiger charge is -2.12. The molecule has 2 N–H and O–H groups in total. The van der Waals surface area contributed by atoms with Gasteiger partial charge in [-0.2, -0.15) is 0 Å². The molecule has 2 amide bonds. The van der Waals surface area contributed by atoms with E-state index in [2.05, 4.69) is 20.8 Å². The monoisotopic (exact) mass is 426 g/mol. The topological polar surface area (TPSA) is 127 Å². The molecule has 152 valence electrons. The van der Waals surface area contributed by atoms with E-state index in [1.165, 1.54) is 18.3 Å². The van der Waals surface area contributed by atoms with Crippen molar-refractivity contribution < 1.29 is 22.7 Å². The number of ether oxygens (including phenoxy) is 1. The number of anilines is 2. The number of hydrogen-bond donors (Lipinski definition) is 2. The molecule has 11 heteroatoms. The van der Waals surface area contributed by atoms with Crippen molar-refractivity contribution in [3.8, 4) is 5.75 Å². The number of nitrogens with zero attached hydrogens (tertiary/aromatic N) is 2. The van der Waals surface area contributed by atoms with Crippen molar-refractivity contribution in [3.05, 3.63) is 29.3 Å². The molecule has 0 aliphatic heterocycles. The Morgan fingerprint density at radius 3 is 2.39 bits per heavy atom. The van der Waals surface area contributed by atoms with Gasteiger partial charge >= 0.3 is 0 Å². The Morgan fingerprint density at radius 1 is 1.14 bits per heavy atom. The molecular weight excluding hydrogens is 404 g/mol. The standard InChI is InChI=1S/C17H22N4O5S2/c1-4-15-20-21-17(27-15)19-16(23)11(3)28(24,25)10-14(22)18-12-6-8-13(9-7-12)26-5-2/h6-9,11H,4-5,10H2,1-3H3,(H,18,22)(H,19,21,23). The molecule has 0 bridgehead atoms. The maximum Gasteiger partial charge on any atom is 0.244 e. The minimum atomic E-state index is -4.01. The van der Waals surface area contributed by atoms with E-state index < -0.39 is 32.7 Å². The number of aromatic nitrogens is 2. The fourth-order valence-electron chi connectivity index (χ4n) is 2.12. The highest BCUT2D eigenvalue weighted by Gasteiger charge is 2.31. The zero-order chi connectivity index (χ0) is 20.7. The van der Waals surface area contributed by atoms with Gasteiger partial charge in [-0.3, -0.25) is 14.9 Å². The van der Waals surface area contributed by atoms with E-state index >= 15 is 0 Å². The lowest BCUT2D eigenvalue weighted by Crippen LogP contribution is -2.37. The number of rotatable bonds is 9. The molecule has 2 rings (SSSR count). The van der Waals surface area contributed by atoms with E-state index in [0.717, 1.165) is 5.01 Å². The van der Waals surface area contributed by atoms with Crippen molar-refractivity contribution in [2.45, 2.75) is 32.4 Å². The first-order chi connectivity index (χ1) is 13.2. The summed E-state index contributed by atoms with van der Waals surface area (Å²) in [6.45, 7) is 5.49. The SMILES string of the molecule is CCOc1ccc(NC(=O)CS(=O)(=O)C(C)C(=O)Nc2nnc(CC)s2)cc1. The normalized spacial score (nSPS) is 12.2. The van der Waals surface area contributed by atoms with Crippen molar-refractivity contribution in [2.75, 3.05) is 23.0 Å². The molecule has 9 nitrogen and oxygen atoms in total. The highest BCUT2D eigenvalue weighted by Crippen LogP contribution is 2.18. The van der Waals surface area contributed by atoms with Crippen LogP contribution < -0.4 is 15.4 Å². The van der Waals surface area contributed by atoms with Crippen LogP contribution in [0.2, 0.25) is 0 Å². The molecule has 1 atom stereocenters. The molecule has 0 fully saturated rings. The Labute approximate surface area is 167 Å². The van der Waals surface area contributed by atoms with Gasteiger partial charge in [0, 0.05) is 5.69 Å². The van der Waals surface area contributed by atoms with E-state index in [4.69, 9.17) is 4.74 Å². The zero-order valence-corrected chi connectivity index (χ0v) is 17.4. The number of amides is 2. The van der Waals surface area contributed by atoms with Gasteiger partial charge in [-0.25, -0.2) is 8.42 Å². The smallest absolute Gasteiger partial charge is 0.244 e. The first-order valence-electron chi connectivity index (χ1n) is 8.62. The number of carbonyl (C=O) groups excluding carboxylic acids is 2. The first-order valence-corrected chi connectivity index (χ1v) is 11.2. The molecule has 0 aliphatic rings. The second-order valence-corrected chi connectivity index (χ2v) is 9.18. The van der Waals surface area contributed by atoms with Crippen molar-refractivity contribution in [1.29, 1.82) is 0 Å². The molecule has 1 aromatic carbocycles. The average molecular weight is 427 g/mol. The average Bonchev–Trinajstić information content (AvgIpc) is 3.10. The summed E-state index contributed by atoms with van der Waals surface area (Å²) in [4.78, 5) is 24.3. The number of sulfone groups is 1. The van der Waals surface area contributed by atoms with E-state index in [1.54, 1.807) is 24.3 Å². The van der Waals surface area contributed by atoms with Crippen LogP contribution in [0.4, 0.5) is 10.8 Å². The summed E-state index contributed by atoms with van der Waals surface area (Å²) in [6, 6.07) is 6.53. The minimum Gasteiger partial charge on any atom is -0.494 e. The summed E-state index contributed by atoms with van der Waals surface area (Å²) in [5.74, 6) is -1.66. The molecule has 1 aromatic heterocycles. The van der Waals surface area contributed by atoms with Crippen LogP contribution in [0.1, 0.15) is 25.8 Å². The molecule has 0 radical (unpaired) electrons. The highest BCUT2D eigenvalue weighted by atomic mass is 32.2. The number of hydrogen-bond acceptors (Lipinski definition) is 8. The Bertz CT molecular complexity index is 925. The van der Waals surface area contributed by atoms with Crippen LogP contribution in [-0.4, -0.2) is 48.0 Å². The van der Waals surface area contributed by atoms with Gasteiger partial charge in [-0.1, -0.05) is 18.3 Å². The first kappa shape index (κ1) is 21.8. The van der Waals surface area contributed by atoms with E-state index in [-0.39, 0.29) is 5.13 Å². The van der Waals surface area contributed by atoms with Gasteiger partial charge < -0.3 is 10.1 Å². The minimum absolute atomic E-state index is 0.225. The highest BCUT2D eigenvalue weighted by molar-refractivity contribution is 7.93. The van der Waals surface area contributed by atoms with Gasteiger partial charge in [0.1, 0.15) is 21.8 Å². The van der Waals surface area contributed by atoms with Crippen molar-refractivity contribution in [1.82, 2.24) is 10.2 Å². The quantitative estimate of drug-likeness (QED) is 0.626. The molecule has 0 aliphatic carbocycles. The van der Waals surface area contributed by atoms with Crippen molar-refractivity contribution >= 4 is 43.8 Å². The van der Waals surface area contributed by atoms with Crippen molar-refractivity contribution in [2.24, 2.45) is 0 Å². The predicted octanol–water partition coefficient (Wildman–Crippen LogP) is 1.88. The summed E-state index contributed by atoms with van der Waals surface area (Å²) in [5, 5.41) is 12.1. The van der Waals surface area contributed by atoms with Gasteiger partial charge in [0.05, 0.1) is 6.61 Å². The van der Waals surface area contributed by atoms with E-state index in [0.29, 0.717) is 24.5 Å². The third-order valence-corrected chi connectivity index (χ3v) is 6.63. The second-order valence-electron chi connectivity index (χ2n) is 5.80. The Balaban J connectivity index is 1.94. The summed E-state index contributed by atoms with van der Waals surface area (Å²) in [5.41, 5.74) is 0.432. The Kier molecular flexibility index (Phi) is 7.46. The van der Waals surface area contributed by atoms with Crippen LogP contribution in [0.3, 0.4) is 0 Å². The third kappa shape index (κ3) is 5.99. The molecular formula is C17H22N4O5S2. The van der Waals surface area contributed by atoms with Crippen LogP contribution in [-0.2, 0) is 25.8 Å². The summed E-state index contributed by atoms with van der Waals surface area (Å²) in [7, 11) is -4.01. The summed E-state index contributed by atoms with van der Waals surface area (Å²) >= 11 is 1.17. The molecule has 28 heavy (non-hydrogen) atoms. The predicted molar refractivity (Wildman–Crippen MR) is 107 cm³/mol. The molecule has 1 heterocycles. The van der Waals surface area contributed by atoms with Crippen LogP contribution >= 0.6 is 11.3 Å². The molecule has 2 aromatic rings. The number of benzene rings is 1. The van der Waals surface area contributed by atoms with E-state index in [1.807, 2.05) is 13.8 Å². The lowest BCUT2D eigenvalue weighted by atomic mass is 10.3. The second kappa shape index (κ2) is 9.60. The fraction of sp³-hybridized carbons (Fsp3) is 0.412. The van der Waals surface area contributed by atoms with Gasteiger partial charge in [0.2, 0.25) is 16.9 Å². The largest absolute Gasteiger partial charge is 0.494 e. The van der Waals surface area contributed by atoms with Gasteiger partial charge in [0.15, 0.2) is 9.84 Å². The van der Waals surface area contributed by atoms with Crippen LogP contribution in [0, 0.1) is 0 Å².